The smallest absolute Gasteiger partial charge is 0.223 e. The zero-order chi connectivity index (χ0) is 17.5. The SMILES string of the molecule is Cc1ccc(OCCC(=O)NCCc2[nH]cnc2-c2cccs2)cc1. The van der Waals surface area contributed by atoms with Crippen LogP contribution in [0.4, 0.5) is 0 Å². The Hall–Kier alpha value is -2.60. The fraction of sp³-hybridized carbons (Fsp3) is 0.263. The maximum Gasteiger partial charge on any atom is 0.223 e. The zero-order valence-electron chi connectivity index (χ0n) is 14.1. The number of nitrogens with one attached hydrogen (secondary N) is 2. The van der Waals surface area contributed by atoms with E-state index in [0.717, 1.165) is 28.4 Å². The highest BCUT2D eigenvalue weighted by atomic mass is 32.1. The monoisotopic (exact) mass is 355 g/mol. The van der Waals surface area contributed by atoms with E-state index in [1.54, 1.807) is 17.7 Å². The molecule has 0 aliphatic carbocycles. The van der Waals surface area contributed by atoms with E-state index < -0.39 is 0 Å². The number of carbonyl (C=O) groups excluding carboxylic acids is 1. The van der Waals surface area contributed by atoms with E-state index in [4.69, 9.17) is 4.74 Å². The molecule has 0 spiro atoms. The van der Waals surface area contributed by atoms with E-state index in [1.807, 2.05) is 48.7 Å². The number of aromatic nitrogens is 2. The normalized spacial score (nSPS) is 10.6. The molecule has 25 heavy (non-hydrogen) atoms. The number of ether oxygens (including phenoxy) is 1. The molecule has 1 amide bonds. The number of hydrogen-bond acceptors (Lipinski definition) is 4. The average molecular weight is 355 g/mol. The van der Waals surface area contributed by atoms with Crippen molar-refractivity contribution in [2.45, 2.75) is 19.8 Å². The molecule has 3 aromatic rings. The van der Waals surface area contributed by atoms with Gasteiger partial charge in [0, 0.05) is 18.7 Å². The van der Waals surface area contributed by atoms with Crippen molar-refractivity contribution in [2.24, 2.45) is 0 Å². The molecule has 0 fully saturated rings. The predicted molar refractivity (Wildman–Crippen MR) is 99.9 cm³/mol. The summed E-state index contributed by atoms with van der Waals surface area (Å²) in [4.78, 5) is 20.6. The molecule has 0 aliphatic heterocycles. The maximum atomic E-state index is 11.9. The first-order valence-electron chi connectivity index (χ1n) is 8.24. The summed E-state index contributed by atoms with van der Waals surface area (Å²) in [6.07, 6.45) is 2.76. The maximum absolute atomic E-state index is 11.9. The molecule has 130 valence electrons. The fourth-order valence-corrected chi connectivity index (χ4v) is 3.20. The number of amides is 1. The van der Waals surface area contributed by atoms with Crippen LogP contribution in [0.3, 0.4) is 0 Å². The van der Waals surface area contributed by atoms with Crippen molar-refractivity contribution in [3.05, 3.63) is 59.4 Å². The summed E-state index contributed by atoms with van der Waals surface area (Å²) >= 11 is 1.66. The fourth-order valence-electron chi connectivity index (χ4n) is 2.45. The van der Waals surface area contributed by atoms with Crippen molar-refractivity contribution >= 4 is 17.2 Å². The lowest BCUT2D eigenvalue weighted by atomic mass is 10.2. The van der Waals surface area contributed by atoms with Gasteiger partial charge in [-0.25, -0.2) is 4.98 Å². The zero-order valence-corrected chi connectivity index (χ0v) is 14.9. The highest BCUT2D eigenvalue weighted by Gasteiger charge is 2.09. The van der Waals surface area contributed by atoms with Gasteiger partial charge in [-0.1, -0.05) is 23.8 Å². The summed E-state index contributed by atoms with van der Waals surface area (Å²) in [7, 11) is 0. The lowest BCUT2D eigenvalue weighted by Crippen LogP contribution is -2.27. The Labute approximate surface area is 151 Å². The van der Waals surface area contributed by atoms with E-state index in [-0.39, 0.29) is 5.91 Å². The van der Waals surface area contributed by atoms with Gasteiger partial charge in [-0.3, -0.25) is 4.79 Å². The number of hydrogen-bond donors (Lipinski definition) is 2. The topological polar surface area (TPSA) is 67.0 Å². The molecule has 3 rings (SSSR count). The third-order valence-corrected chi connectivity index (χ3v) is 4.67. The molecule has 0 atom stereocenters. The van der Waals surface area contributed by atoms with E-state index in [1.165, 1.54) is 5.56 Å². The molecule has 2 N–H and O–H groups in total. The van der Waals surface area contributed by atoms with Gasteiger partial charge in [0.25, 0.3) is 0 Å². The number of H-pyrrole nitrogens is 1. The second-order valence-corrected chi connectivity index (χ2v) is 6.67. The third-order valence-electron chi connectivity index (χ3n) is 3.79. The first-order chi connectivity index (χ1) is 12.2. The van der Waals surface area contributed by atoms with Gasteiger partial charge in [-0.2, -0.15) is 0 Å². The van der Waals surface area contributed by atoms with Crippen LogP contribution in [0.2, 0.25) is 0 Å². The largest absolute Gasteiger partial charge is 0.493 e. The van der Waals surface area contributed by atoms with Gasteiger partial charge >= 0.3 is 0 Å². The van der Waals surface area contributed by atoms with Crippen molar-refractivity contribution in [1.82, 2.24) is 15.3 Å². The Balaban J connectivity index is 1.38. The number of carbonyl (C=O) groups is 1. The summed E-state index contributed by atoms with van der Waals surface area (Å²) in [6, 6.07) is 11.9. The van der Waals surface area contributed by atoms with Gasteiger partial charge in [0.1, 0.15) is 11.4 Å². The van der Waals surface area contributed by atoms with Crippen LogP contribution in [0.1, 0.15) is 17.7 Å². The Morgan fingerprint density at radius 3 is 2.88 bits per heavy atom. The van der Waals surface area contributed by atoms with Crippen LogP contribution < -0.4 is 10.1 Å². The van der Waals surface area contributed by atoms with Gasteiger partial charge in [0.2, 0.25) is 5.91 Å². The molecular weight excluding hydrogens is 334 g/mol. The van der Waals surface area contributed by atoms with Crippen LogP contribution in [-0.4, -0.2) is 29.0 Å². The number of nitrogens with zero attached hydrogens (tertiary/aromatic N) is 1. The van der Waals surface area contributed by atoms with E-state index in [0.29, 0.717) is 19.6 Å². The van der Waals surface area contributed by atoms with Gasteiger partial charge in [0.15, 0.2) is 0 Å². The number of imidazole rings is 1. The van der Waals surface area contributed by atoms with Gasteiger partial charge in [-0.05, 0) is 30.5 Å². The second kappa shape index (κ2) is 8.48. The molecule has 0 aliphatic rings. The molecule has 2 aromatic heterocycles. The molecule has 2 heterocycles. The van der Waals surface area contributed by atoms with Crippen molar-refractivity contribution < 1.29 is 9.53 Å². The number of benzene rings is 1. The van der Waals surface area contributed by atoms with Gasteiger partial charge < -0.3 is 15.0 Å². The minimum Gasteiger partial charge on any atom is -0.493 e. The van der Waals surface area contributed by atoms with Crippen molar-refractivity contribution in [1.29, 1.82) is 0 Å². The standard InChI is InChI=1S/C19H21N3O2S/c1-14-4-6-15(7-5-14)24-11-9-18(23)20-10-8-16-19(22-13-21-16)17-3-2-12-25-17/h2-7,12-13H,8-11H2,1H3,(H,20,23)(H,21,22). The van der Waals surface area contributed by atoms with Crippen LogP contribution in [0.25, 0.3) is 10.6 Å². The quantitative estimate of drug-likeness (QED) is 0.649. The number of thiophene rings is 1. The molecule has 0 bridgehead atoms. The Morgan fingerprint density at radius 2 is 2.12 bits per heavy atom. The van der Waals surface area contributed by atoms with Gasteiger partial charge in [-0.15, -0.1) is 11.3 Å². The summed E-state index contributed by atoms with van der Waals surface area (Å²) < 4.78 is 5.58. The summed E-state index contributed by atoms with van der Waals surface area (Å²) in [5.41, 5.74) is 3.19. The minimum atomic E-state index is -0.00991. The molecule has 0 unspecified atom stereocenters. The number of aromatic amines is 1. The second-order valence-electron chi connectivity index (χ2n) is 5.72. The molecule has 0 radical (unpaired) electrons. The van der Waals surface area contributed by atoms with Crippen LogP contribution in [-0.2, 0) is 11.2 Å². The molecule has 6 heteroatoms. The number of rotatable bonds is 8. The van der Waals surface area contributed by atoms with E-state index >= 15 is 0 Å². The average Bonchev–Trinajstić information content (AvgIpc) is 3.27. The lowest BCUT2D eigenvalue weighted by molar-refractivity contribution is -0.121. The van der Waals surface area contributed by atoms with Crippen LogP contribution >= 0.6 is 11.3 Å². The van der Waals surface area contributed by atoms with Crippen LogP contribution in [0, 0.1) is 6.92 Å². The molecular formula is C19H21N3O2S. The first kappa shape index (κ1) is 17.2. The van der Waals surface area contributed by atoms with E-state index in [2.05, 4.69) is 15.3 Å². The van der Waals surface area contributed by atoms with Crippen LogP contribution in [0.15, 0.2) is 48.1 Å². The first-order valence-corrected chi connectivity index (χ1v) is 9.12. The van der Waals surface area contributed by atoms with E-state index in [9.17, 15) is 4.79 Å². The molecule has 1 aromatic carbocycles. The summed E-state index contributed by atoms with van der Waals surface area (Å²) in [5.74, 6) is 0.778. The highest BCUT2D eigenvalue weighted by Crippen LogP contribution is 2.25. The minimum absolute atomic E-state index is 0.00991. The summed E-state index contributed by atoms with van der Waals surface area (Å²) in [5, 5.41) is 4.96. The van der Waals surface area contributed by atoms with Crippen molar-refractivity contribution in [2.75, 3.05) is 13.2 Å². The Bertz CT molecular complexity index is 794. The predicted octanol–water partition coefficient (Wildman–Crippen LogP) is 3.57. The number of aryl methyl sites for hydroxylation is 1. The Kier molecular flexibility index (Phi) is 5.85. The Morgan fingerprint density at radius 1 is 1.28 bits per heavy atom. The highest BCUT2D eigenvalue weighted by molar-refractivity contribution is 7.13. The molecule has 0 saturated heterocycles. The van der Waals surface area contributed by atoms with Crippen molar-refractivity contribution in [3.8, 4) is 16.3 Å². The molecule has 5 nitrogen and oxygen atoms in total. The third kappa shape index (κ3) is 4.93. The lowest BCUT2D eigenvalue weighted by Gasteiger charge is -2.07. The molecule has 0 saturated carbocycles. The van der Waals surface area contributed by atoms with Gasteiger partial charge in [0.05, 0.1) is 24.2 Å². The van der Waals surface area contributed by atoms with Crippen LogP contribution in [0.5, 0.6) is 5.75 Å². The van der Waals surface area contributed by atoms with Crippen molar-refractivity contribution in [3.63, 3.8) is 0 Å². The summed E-state index contributed by atoms with van der Waals surface area (Å²) in [6.45, 7) is 2.98.